The Morgan fingerprint density at radius 3 is 2.64 bits per heavy atom. The molecule has 0 atom stereocenters. The second kappa shape index (κ2) is 8.15. The van der Waals surface area contributed by atoms with E-state index in [0.717, 1.165) is 18.4 Å². The van der Waals surface area contributed by atoms with Crippen molar-refractivity contribution < 1.29 is 19.4 Å². The summed E-state index contributed by atoms with van der Waals surface area (Å²) in [6.45, 7) is 7.05. The molecule has 0 aliphatic carbocycles. The number of nitrogens with one attached hydrogen (secondary N) is 2. The van der Waals surface area contributed by atoms with Gasteiger partial charge >= 0.3 is 12.2 Å². The molecule has 0 saturated carbocycles. The van der Waals surface area contributed by atoms with Crippen LogP contribution in [0.5, 0.6) is 0 Å². The van der Waals surface area contributed by atoms with Crippen LogP contribution in [0.4, 0.5) is 15.3 Å². The third kappa shape index (κ3) is 6.22. The van der Waals surface area contributed by atoms with Crippen molar-refractivity contribution in [1.82, 2.24) is 15.2 Å². The van der Waals surface area contributed by atoms with Gasteiger partial charge in [0.15, 0.2) is 0 Å². The fourth-order valence-electron chi connectivity index (χ4n) is 2.63. The van der Waals surface area contributed by atoms with Crippen LogP contribution in [0.3, 0.4) is 0 Å². The number of carbonyl (C=O) groups excluding carboxylic acids is 1. The molecule has 1 aliphatic heterocycles. The van der Waals surface area contributed by atoms with Crippen LogP contribution in [0, 0.1) is 0 Å². The third-order valence-electron chi connectivity index (χ3n) is 3.89. The summed E-state index contributed by atoms with van der Waals surface area (Å²) in [5.41, 5.74) is 0.941. The minimum Gasteiger partial charge on any atom is -0.465 e. The number of amides is 2. The molecule has 0 radical (unpaired) electrons. The molecular weight excluding hydrogens is 324 g/mol. The van der Waals surface area contributed by atoms with Crippen molar-refractivity contribution in [3.05, 3.63) is 24.0 Å². The second-order valence-corrected chi connectivity index (χ2v) is 7.08. The fraction of sp³-hybridized carbons (Fsp3) is 0.588. The summed E-state index contributed by atoms with van der Waals surface area (Å²) < 4.78 is 5.27. The van der Waals surface area contributed by atoms with E-state index in [1.54, 1.807) is 12.4 Å². The summed E-state index contributed by atoms with van der Waals surface area (Å²) >= 11 is 0. The molecule has 1 fully saturated rings. The number of carboxylic acid groups (broad SMARTS) is 1. The Morgan fingerprint density at radius 1 is 1.36 bits per heavy atom. The number of aromatic nitrogens is 1. The van der Waals surface area contributed by atoms with Crippen molar-refractivity contribution in [3.8, 4) is 0 Å². The highest BCUT2D eigenvalue weighted by molar-refractivity contribution is 5.85. The van der Waals surface area contributed by atoms with Crippen molar-refractivity contribution in [1.29, 1.82) is 0 Å². The van der Waals surface area contributed by atoms with E-state index >= 15 is 0 Å². The van der Waals surface area contributed by atoms with Crippen molar-refractivity contribution >= 4 is 17.9 Å². The zero-order valence-electron chi connectivity index (χ0n) is 14.9. The highest BCUT2D eigenvalue weighted by atomic mass is 16.6. The van der Waals surface area contributed by atoms with Gasteiger partial charge in [0.2, 0.25) is 0 Å². The average Bonchev–Trinajstić information content (AvgIpc) is 2.52. The summed E-state index contributed by atoms with van der Waals surface area (Å²) in [6.07, 6.45) is 3.42. The maximum atomic E-state index is 11.9. The topological polar surface area (TPSA) is 104 Å². The normalized spacial score (nSPS) is 15.7. The summed E-state index contributed by atoms with van der Waals surface area (Å²) in [6, 6.07) is 2.09. The number of likely N-dealkylation sites (tertiary alicyclic amines) is 1. The number of carbonyl (C=O) groups is 2. The van der Waals surface area contributed by atoms with Crippen LogP contribution in [0.25, 0.3) is 0 Å². The zero-order valence-corrected chi connectivity index (χ0v) is 14.9. The monoisotopic (exact) mass is 350 g/mol. The van der Waals surface area contributed by atoms with E-state index in [2.05, 4.69) is 15.6 Å². The van der Waals surface area contributed by atoms with Crippen LogP contribution in [0.1, 0.15) is 39.2 Å². The molecule has 25 heavy (non-hydrogen) atoms. The van der Waals surface area contributed by atoms with E-state index < -0.39 is 17.8 Å². The number of hydrogen-bond acceptors (Lipinski definition) is 5. The Kier molecular flexibility index (Phi) is 6.19. The van der Waals surface area contributed by atoms with Gasteiger partial charge in [-0.15, -0.1) is 0 Å². The SMILES string of the molecule is CC(C)(C)OC(=O)Nc1cnccc1CNC1CCN(C(=O)O)CC1. The van der Waals surface area contributed by atoms with Crippen LogP contribution < -0.4 is 10.6 Å². The van der Waals surface area contributed by atoms with Crippen LogP contribution >= 0.6 is 0 Å². The minimum absolute atomic E-state index is 0.248. The molecule has 8 heteroatoms. The van der Waals surface area contributed by atoms with E-state index in [4.69, 9.17) is 9.84 Å². The molecule has 1 aromatic heterocycles. The average molecular weight is 350 g/mol. The lowest BCUT2D eigenvalue weighted by Crippen LogP contribution is -2.44. The molecule has 1 aromatic rings. The minimum atomic E-state index is -0.864. The van der Waals surface area contributed by atoms with Gasteiger partial charge in [0, 0.05) is 31.9 Å². The van der Waals surface area contributed by atoms with Gasteiger partial charge in [-0.2, -0.15) is 0 Å². The first kappa shape index (κ1) is 19.0. The molecule has 2 heterocycles. The molecule has 0 spiro atoms. The first-order chi connectivity index (χ1) is 11.7. The Labute approximate surface area is 147 Å². The lowest BCUT2D eigenvalue weighted by atomic mass is 10.0. The molecule has 3 N–H and O–H groups in total. The standard InChI is InChI=1S/C17H26N4O4/c1-17(2,3)25-15(22)20-14-11-18-7-4-12(14)10-19-13-5-8-21(9-6-13)16(23)24/h4,7,11,13,19H,5-6,8-10H2,1-3H3,(H,20,22)(H,23,24). The predicted octanol–water partition coefficient (Wildman–Crippen LogP) is 2.66. The summed E-state index contributed by atoms with van der Waals surface area (Å²) in [5.74, 6) is 0. The Bertz CT molecular complexity index is 607. The number of rotatable bonds is 4. The largest absolute Gasteiger partial charge is 0.465 e. The quantitative estimate of drug-likeness (QED) is 0.771. The molecule has 0 unspecified atom stereocenters. The van der Waals surface area contributed by atoms with E-state index in [-0.39, 0.29) is 6.04 Å². The fourth-order valence-corrected chi connectivity index (χ4v) is 2.63. The molecule has 2 rings (SSSR count). The Morgan fingerprint density at radius 2 is 2.04 bits per heavy atom. The summed E-state index contributed by atoms with van der Waals surface area (Å²) in [5, 5.41) is 15.1. The van der Waals surface area contributed by atoms with Gasteiger partial charge in [-0.1, -0.05) is 0 Å². The van der Waals surface area contributed by atoms with Gasteiger partial charge in [-0.05, 0) is 45.2 Å². The highest BCUT2D eigenvalue weighted by Crippen LogP contribution is 2.17. The Hall–Kier alpha value is -2.35. The molecular formula is C17H26N4O4. The lowest BCUT2D eigenvalue weighted by Gasteiger charge is -2.30. The van der Waals surface area contributed by atoms with Gasteiger partial charge in [0.1, 0.15) is 5.60 Å². The van der Waals surface area contributed by atoms with E-state index in [0.29, 0.717) is 25.3 Å². The third-order valence-corrected chi connectivity index (χ3v) is 3.89. The van der Waals surface area contributed by atoms with Gasteiger partial charge < -0.3 is 20.1 Å². The first-order valence-corrected chi connectivity index (χ1v) is 8.39. The lowest BCUT2D eigenvalue weighted by molar-refractivity contribution is 0.0635. The van der Waals surface area contributed by atoms with Crippen molar-refractivity contribution in [2.45, 2.75) is 51.8 Å². The predicted molar refractivity (Wildman–Crippen MR) is 93.6 cm³/mol. The highest BCUT2D eigenvalue weighted by Gasteiger charge is 2.22. The first-order valence-electron chi connectivity index (χ1n) is 8.39. The summed E-state index contributed by atoms with van der Waals surface area (Å²) in [4.78, 5) is 28.4. The molecule has 1 aliphatic rings. The smallest absolute Gasteiger partial charge is 0.412 e. The number of pyridine rings is 1. The zero-order chi connectivity index (χ0) is 18.4. The number of anilines is 1. The maximum absolute atomic E-state index is 11.9. The van der Waals surface area contributed by atoms with Crippen molar-refractivity contribution in [3.63, 3.8) is 0 Å². The number of ether oxygens (including phenoxy) is 1. The molecule has 8 nitrogen and oxygen atoms in total. The number of nitrogens with zero attached hydrogens (tertiary/aromatic N) is 2. The maximum Gasteiger partial charge on any atom is 0.412 e. The Balaban J connectivity index is 1.88. The molecule has 2 amide bonds. The van der Waals surface area contributed by atoms with Crippen molar-refractivity contribution in [2.75, 3.05) is 18.4 Å². The molecule has 0 aromatic carbocycles. The van der Waals surface area contributed by atoms with Gasteiger partial charge in [0.05, 0.1) is 11.9 Å². The second-order valence-electron chi connectivity index (χ2n) is 7.08. The number of piperidine rings is 1. The van der Waals surface area contributed by atoms with Crippen molar-refractivity contribution in [2.24, 2.45) is 0 Å². The molecule has 0 bridgehead atoms. The van der Waals surface area contributed by atoms with Crippen LogP contribution in [0.2, 0.25) is 0 Å². The van der Waals surface area contributed by atoms with Gasteiger partial charge in [-0.25, -0.2) is 9.59 Å². The van der Waals surface area contributed by atoms with E-state index in [1.807, 2.05) is 26.8 Å². The van der Waals surface area contributed by atoms with Crippen LogP contribution in [0.15, 0.2) is 18.5 Å². The molecule has 138 valence electrons. The van der Waals surface area contributed by atoms with E-state index in [1.165, 1.54) is 4.90 Å². The van der Waals surface area contributed by atoms with Gasteiger partial charge in [0.25, 0.3) is 0 Å². The van der Waals surface area contributed by atoms with Gasteiger partial charge in [-0.3, -0.25) is 10.3 Å². The van der Waals surface area contributed by atoms with Crippen LogP contribution in [-0.2, 0) is 11.3 Å². The number of hydrogen-bond donors (Lipinski definition) is 3. The van der Waals surface area contributed by atoms with Crippen LogP contribution in [-0.4, -0.2) is 51.9 Å². The summed E-state index contributed by atoms with van der Waals surface area (Å²) in [7, 11) is 0. The van der Waals surface area contributed by atoms with E-state index in [9.17, 15) is 9.59 Å². The molecule has 1 saturated heterocycles.